The monoisotopic (exact) mass is 549 g/mol. The van der Waals surface area contributed by atoms with Gasteiger partial charge in [-0.15, -0.1) is 0 Å². The van der Waals surface area contributed by atoms with Crippen molar-refractivity contribution < 1.29 is 35.9 Å². The number of fused-ring (bicyclic) bond motifs is 1. The van der Waals surface area contributed by atoms with E-state index in [4.69, 9.17) is 11.6 Å². The van der Waals surface area contributed by atoms with Gasteiger partial charge in [0.25, 0.3) is 0 Å². The van der Waals surface area contributed by atoms with Gasteiger partial charge in [0.15, 0.2) is 0 Å². The molecule has 0 fully saturated rings. The van der Waals surface area contributed by atoms with E-state index in [2.05, 4.69) is 5.32 Å². The Labute approximate surface area is 215 Å². The third-order valence-electron chi connectivity index (χ3n) is 5.92. The van der Waals surface area contributed by atoms with Crippen molar-refractivity contribution in [3.63, 3.8) is 0 Å². The Balaban J connectivity index is 2.06. The number of allylic oxidation sites excluding steroid dienone is 3. The molecule has 1 atom stereocenters. The van der Waals surface area contributed by atoms with Crippen molar-refractivity contribution in [3.05, 3.63) is 69.5 Å². The predicted molar refractivity (Wildman–Crippen MR) is 126 cm³/mol. The van der Waals surface area contributed by atoms with Crippen molar-refractivity contribution in [2.24, 2.45) is 0 Å². The number of nitrogens with zero attached hydrogens (tertiary/aromatic N) is 2. The highest BCUT2D eigenvalue weighted by Gasteiger charge is 2.38. The van der Waals surface area contributed by atoms with Crippen LogP contribution >= 0.6 is 11.6 Å². The number of hydrogen-bond donors (Lipinski definition) is 1. The fourth-order valence-corrected chi connectivity index (χ4v) is 4.50. The highest BCUT2D eigenvalue weighted by atomic mass is 35.5. The molecule has 37 heavy (non-hydrogen) atoms. The molecule has 0 saturated heterocycles. The number of halogens is 7. The fourth-order valence-electron chi connectivity index (χ4n) is 4.34. The first-order chi connectivity index (χ1) is 17.1. The lowest BCUT2D eigenvalue weighted by molar-refractivity contribution is -0.143. The van der Waals surface area contributed by atoms with E-state index < -0.39 is 42.1 Å². The first-order valence-corrected chi connectivity index (χ1v) is 11.9. The third-order valence-corrected chi connectivity index (χ3v) is 6.16. The van der Waals surface area contributed by atoms with E-state index in [9.17, 15) is 35.9 Å². The molecule has 2 heterocycles. The van der Waals surface area contributed by atoms with Gasteiger partial charge in [-0.3, -0.25) is 9.59 Å². The molecular formula is C25H26ClF6N3O2. The summed E-state index contributed by atoms with van der Waals surface area (Å²) < 4.78 is 80.3. The second-order valence-corrected chi connectivity index (χ2v) is 9.61. The summed E-state index contributed by atoms with van der Waals surface area (Å²) in [5.74, 6) is -0.881. The van der Waals surface area contributed by atoms with E-state index in [0.29, 0.717) is 47.7 Å². The van der Waals surface area contributed by atoms with Crippen LogP contribution in [-0.4, -0.2) is 33.8 Å². The van der Waals surface area contributed by atoms with Crippen LogP contribution in [0.4, 0.5) is 26.3 Å². The van der Waals surface area contributed by atoms with Gasteiger partial charge in [0, 0.05) is 36.3 Å². The van der Waals surface area contributed by atoms with E-state index in [0.717, 1.165) is 0 Å². The zero-order valence-corrected chi connectivity index (χ0v) is 21.1. The van der Waals surface area contributed by atoms with Crippen molar-refractivity contribution >= 4 is 23.4 Å². The summed E-state index contributed by atoms with van der Waals surface area (Å²) in [6.07, 6.45) is -5.07. The quantitative estimate of drug-likeness (QED) is 0.438. The Morgan fingerprint density at radius 1 is 1.11 bits per heavy atom. The maximum atomic E-state index is 13.4. The van der Waals surface area contributed by atoms with Crippen LogP contribution in [0.2, 0.25) is 0 Å². The number of nitrogens with one attached hydrogen (secondary N) is 1. The summed E-state index contributed by atoms with van der Waals surface area (Å²) in [6.45, 7) is 4.28. The molecule has 1 aromatic carbocycles. The van der Waals surface area contributed by atoms with Gasteiger partial charge in [-0.1, -0.05) is 11.6 Å². The van der Waals surface area contributed by atoms with Crippen molar-refractivity contribution in [2.75, 3.05) is 0 Å². The second kappa shape index (κ2) is 10.8. The van der Waals surface area contributed by atoms with E-state index in [1.807, 2.05) is 0 Å². The first-order valence-electron chi connectivity index (χ1n) is 11.5. The average Bonchev–Trinajstić information content (AvgIpc) is 2.94. The summed E-state index contributed by atoms with van der Waals surface area (Å²) in [5, 5.41) is 3.14. The number of alkyl halides is 6. The topological polar surface area (TPSA) is 52.7 Å². The molecule has 0 aromatic heterocycles. The molecule has 1 aromatic rings. The van der Waals surface area contributed by atoms with Crippen molar-refractivity contribution in [3.8, 4) is 0 Å². The summed E-state index contributed by atoms with van der Waals surface area (Å²) in [4.78, 5) is 28.4. The van der Waals surface area contributed by atoms with Gasteiger partial charge >= 0.3 is 12.4 Å². The Bertz CT molecular complexity index is 1120. The lowest BCUT2D eigenvalue weighted by Crippen LogP contribution is -2.47. The zero-order chi connectivity index (χ0) is 27.7. The molecule has 5 nitrogen and oxygen atoms in total. The summed E-state index contributed by atoms with van der Waals surface area (Å²) >= 11 is 6.19. The highest BCUT2D eigenvalue weighted by molar-refractivity contribution is 6.31. The standard InChI is InChI=1S/C25H26ClF6N3O2/c1-14(2)33-23(37)20-5-4-6-22(34-8-7-19(26)12-21(20)34)35(15(3)36)13-16-9-17(24(27,28)29)11-18(10-16)25(30,31)32/h7-12,14,22H,4-6,13H2,1-3H3,(H,33,37). The smallest absolute Gasteiger partial charge is 0.350 e. The molecule has 1 N–H and O–H groups in total. The van der Waals surface area contributed by atoms with Crippen LogP contribution in [0.5, 0.6) is 0 Å². The van der Waals surface area contributed by atoms with Crippen LogP contribution in [0.3, 0.4) is 0 Å². The summed E-state index contributed by atoms with van der Waals surface area (Å²) in [5.41, 5.74) is -2.40. The van der Waals surface area contributed by atoms with Gasteiger partial charge in [0.2, 0.25) is 11.8 Å². The minimum atomic E-state index is -5.01. The van der Waals surface area contributed by atoms with Gasteiger partial charge < -0.3 is 15.1 Å². The predicted octanol–water partition coefficient (Wildman–Crippen LogP) is 6.31. The number of carbonyl (C=O) groups excluding carboxylic acids is 2. The number of hydrogen-bond acceptors (Lipinski definition) is 3. The minimum Gasteiger partial charge on any atom is -0.350 e. The second-order valence-electron chi connectivity index (χ2n) is 9.18. The number of carbonyl (C=O) groups is 2. The summed E-state index contributed by atoms with van der Waals surface area (Å²) in [7, 11) is 0. The normalized spacial score (nSPS) is 18.4. The molecule has 0 spiro atoms. The Morgan fingerprint density at radius 3 is 2.22 bits per heavy atom. The van der Waals surface area contributed by atoms with Gasteiger partial charge in [0.05, 0.1) is 16.8 Å². The van der Waals surface area contributed by atoms with E-state index >= 15 is 0 Å². The highest BCUT2D eigenvalue weighted by Crippen LogP contribution is 2.38. The van der Waals surface area contributed by atoms with Crippen LogP contribution in [0.15, 0.2) is 52.9 Å². The van der Waals surface area contributed by atoms with E-state index in [1.54, 1.807) is 31.0 Å². The number of benzene rings is 1. The minimum absolute atomic E-state index is 0.0495. The maximum absolute atomic E-state index is 13.4. The lowest BCUT2D eigenvalue weighted by atomic mass is 10.0. The maximum Gasteiger partial charge on any atom is 0.416 e. The largest absolute Gasteiger partial charge is 0.416 e. The number of rotatable bonds is 5. The fraction of sp³-hybridized carbons (Fsp3) is 0.440. The van der Waals surface area contributed by atoms with Crippen LogP contribution in [-0.2, 0) is 28.5 Å². The van der Waals surface area contributed by atoms with Crippen molar-refractivity contribution in [1.29, 1.82) is 0 Å². The zero-order valence-electron chi connectivity index (χ0n) is 20.3. The Morgan fingerprint density at radius 2 is 1.70 bits per heavy atom. The third kappa shape index (κ3) is 6.88. The molecule has 3 rings (SSSR count). The Hall–Kier alpha value is -2.95. The molecule has 0 radical (unpaired) electrons. The van der Waals surface area contributed by atoms with Crippen LogP contribution in [0.1, 0.15) is 56.7 Å². The van der Waals surface area contributed by atoms with Gasteiger partial charge in [-0.2, -0.15) is 26.3 Å². The molecule has 2 aliphatic rings. The summed E-state index contributed by atoms with van der Waals surface area (Å²) in [6, 6.07) is 1.13. The molecule has 2 aliphatic heterocycles. The van der Waals surface area contributed by atoms with Crippen LogP contribution < -0.4 is 5.32 Å². The molecule has 0 bridgehead atoms. The van der Waals surface area contributed by atoms with Crippen LogP contribution in [0, 0.1) is 0 Å². The van der Waals surface area contributed by atoms with Gasteiger partial charge in [-0.05, 0) is 69.0 Å². The molecule has 0 saturated carbocycles. The SMILES string of the molecule is CC(=O)N(Cc1cc(C(F)(F)F)cc(C(F)(F)F)c1)C1CCCC(C(=O)NC(C)C)=C2C=C(Cl)C=CN21. The Kier molecular flexibility index (Phi) is 8.36. The lowest BCUT2D eigenvalue weighted by Gasteiger charge is -2.40. The van der Waals surface area contributed by atoms with Crippen LogP contribution in [0.25, 0.3) is 0 Å². The van der Waals surface area contributed by atoms with Crippen molar-refractivity contribution in [1.82, 2.24) is 15.1 Å². The molecule has 12 heteroatoms. The molecule has 1 unspecified atom stereocenters. The molecule has 202 valence electrons. The molecular weight excluding hydrogens is 524 g/mol. The molecule has 0 aliphatic carbocycles. The van der Waals surface area contributed by atoms with Gasteiger partial charge in [-0.25, -0.2) is 0 Å². The molecule has 2 amide bonds. The first kappa shape index (κ1) is 28.6. The van der Waals surface area contributed by atoms with Gasteiger partial charge in [0.1, 0.15) is 6.17 Å². The van der Waals surface area contributed by atoms with E-state index in [-0.39, 0.29) is 23.6 Å². The van der Waals surface area contributed by atoms with Crippen molar-refractivity contribution in [2.45, 2.75) is 71.1 Å². The average molecular weight is 550 g/mol. The van der Waals surface area contributed by atoms with E-state index in [1.165, 1.54) is 17.9 Å². The number of amides is 2.